The zero-order valence-corrected chi connectivity index (χ0v) is 18.9. The molecule has 0 N–H and O–H groups in total. The van der Waals surface area contributed by atoms with Crippen molar-refractivity contribution in [3.63, 3.8) is 0 Å². The average Bonchev–Trinajstić information content (AvgIpc) is 2.81. The maximum atomic E-state index is 13.2. The van der Waals surface area contributed by atoms with Crippen LogP contribution >= 0.6 is 15.9 Å². The average molecular weight is 485 g/mol. The predicted molar refractivity (Wildman–Crippen MR) is 123 cm³/mol. The maximum absolute atomic E-state index is 13.2. The Morgan fingerprint density at radius 1 is 0.968 bits per heavy atom. The topological polar surface area (TPSA) is 55.2 Å². The molecule has 1 fully saturated rings. The van der Waals surface area contributed by atoms with Gasteiger partial charge in [0.2, 0.25) is 5.43 Å². The van der Waals surface area contributed by atoms with E-state index in [0.717, 1.165) is 73.7 Å². The van der Waals surface area contributed by atoms with Crippen LogP contribution in [0.3, 0.4) is 0 Å². The second kappa shape index (κ2) is 9.12. The van der Waals surface area contributed by atoms with E-state index in [4.69, 9.17) is 13.9 Å². The summed E-state index contributed by atoms with van der Waals surface area (Å²) < 4.78 is 18.4. The Bertz CT molecular complexity index is 1120. The van der Waals surface area contributed by atoms with Gasteiger partial charge in [0, 0.05) is 30.7 Å². The Labute approximate surface area is 189 Å². The summed E-state index contributed by atoms with van der Waals surface area (Å²) >= 11 is 3.44. The number of hydrogen-bond donors (Lipinski definition) is 0. The monoisotopic (exact) mass is 484 g/mol. The van der Waals surface area contributed by atoms with Gasteiger partial charge in [0.25, 0.3) is 0 Å². The first-order valence-electron chi connectivity index (χ1n) is 10.7. The van der Waals surface area contributed by atoms with Crippen molar-refractivity contribution in [2.75, 3.05) is 46.1 Å². The number of nitrogens with zero attached hydrogens (tertiary/aromatic N) is 2. The van der Waals surface area contributed by atoms with Crippen LogP contribution in [0.25, 0.3) is 22.1 Å². The molecule has 0 spiro atoms. The molecule has 2 aliphatic heterocycles. The van der Waals surface area contributed by atoms with Crippen LogP contribution in [0, 0.1) is 0 Å². The molecular formula is C24H25BrN2O4. The van der Waals surface area contributed by atoms with Crippen LogP contribution in [-0.2, 0) is 11.3 Å². The number of morpholine rings is 1. The molecular weight excluding hydrogens is 460 g/mol. The molecule has 31 heavy (non-hydrogen) atoms. The Kier molecular flexibility index (Phi) is 6.09. The highest BCUT2D eigenvalue weighted by molar-refractivity contribution is 9.10. The van der Waals surface area contributed by atoms with E-state index in [1.807, 2.05) is 36.4 Å². The van der Waals surface area contributed by atoms with Gasteiger partial charge in [0.1, 0.15) is 24.3 Å². The number of ether oxygens (including phenoxy) is 2. The van der Waals surface area contributed by atoms with E-state index in [1.54, 1.807) is 6.26 Å². The first kappa shape index (κ1) is 20.7. The molecule has 0 atom stereocenters. The standard InChI is InChI=1S/C24H25BrN2O4/c25-18-4-2-17(3-5-18)21-15-30-24-19(23(21)28)6-7-22-20(24)14-27(16-31-22)9-1-8-26-10-12-29-13-11-26/h2-7,15H,1,8-14,16H2. The van der Waals surface area contributed by atoms with Crippen molar-refractivity contribution < 1.29 is 13.9 Å². The maximum Gasteiger partial charge on any atom is 0.200 e. The zero-order valence-electron chi connectivity index (χ0n) is 17.3. The lowest BCUT2D eigenvalue weighted by atomic mass is 10.0. The second-order valence-corrected chi connectivity index (χ2v) is 8.95. The molecule has 1 saturated heterocycles. The molecule has 162 valence electrons. The normalized spacial score (nSPS) is 17.5. The lowest BCUT2D eigenvalue weighted by Gasteiger charge is -2.31. The number of benzene rings is 2. The van der Waals surface area contributed by atoms with Crippen molar-refractivity contribution >= 4 is 26.9 Å². The van der Waals surface area contributed by atoms with Crippen LogP contribution in [0.4, 0.5) is 0 Å². The predicted octanol–water partition coefficient (Wildman–Crippen LogP) is 4.10. The second-order valence-electron chi connectivity index (χ2n) is 8.04. The van der Waals surface area contributed by atoms with E-state index in [9.17, 15) is 4.79 Å². The molecule has 2 aliphatic rings. The highest BCUT2D eigenvalue weighted by Crippen LogP contribution is 2.32. The molecule has 0 saturated carbocycles. The Morgan fingerprint density at radius 2 is 1.74 bits per heavy atom. The van der Waals surface area contributed by atoms with Gasteiger partial charge in [0.05, 0.1) is 29.7 Å². The minimum atomic E-state index is -0.0178. The fourth-order valence-corrected chi connectivity index (χ4v) is 4.53. The molecule has 0 unspecified atom stereocenters. The first-order valence-corrected chi connectivity index (χ1v) is 11.5. The van der Waals surface area contributed by atoms with E-state index < -0.39 is 0 Å². The smallest absolute Gasteiger partial charge is 0.200 e. The molecule has 3 aromatic rings. The molecule has 0 radical (unpaired) electrons. The van der Waals surface area contributed by atoms with Gasteiger partial charge in [-0.25, -0.2) is 0 Å². The largest absolute Gasteiger partial charge is 0.478 e. The fourth-order valence-electron chi connectivity index (χ4n) is 4.27. The minimum absolute atomic E-state index is 0.0178. The quantitative estimate of drug-likeness (QED) is 0.543. The Hall–Kier alpha value is -2.19. The molecule has 6 nitrogen and oxygen atoms in total. The highest BCUT2D eigenvalue weighted by atomic mass is 79.9. The van der Waals surface area contributed by atoms with Gasteiger partial charge >= 0.3 is 0 Å². The molecule has 5 rings (SSSR count). The lowest BCUT2D eigenvalue weighted by molar-refractivity contribution is 0.0330. The van der Waals surface area contributed by atoms with Crippen molar-refractivity contribution in [3.8, 4) is 16.9 Å². The van der Waals surface area contributed by atoms with E-state index in [-0.39, 0.29) is 5.43 Å². The van der Waals surface area contributed by atoms with Crippen LogP contribution in [0.2, 0.25) is 0 Å². The number of fused-ring (bicyclic) bond motifs is 3. The lowest BCUT2D eigenvalue weighted by Crippen LogP contribution is -2.39. The van der Waals surface area contributed by atoms with Gasteiger partial charge in [-0.3, -0.25) is 14.6 Å². The number of halogens is 1. The van der Waals surface area contributed by atoms with Gasteiger partial charge in [-0.15, -0.1) is 0 Å². The first-order chi connectivity index (χ1) is 15.2. The van der Waals surface area contributed by atoms with Crippen LogP contribution < -0.4 is 10.2 Å². The molecule has 1 aromatic heterocycles. The van der Waals surface area contributed by atoms with Gasteiger partial charge in [-0.2, -0.15) is 0 Å². The summed E-state index contributed by atoms with van der Waals surface area (Å²) in [6.07, 6.45) is 2.65. The van der Waals surface area contributed by atoms with E-state index in [0.29, 0.717) is 23.3 Å². The summed E-state index contributed by atoms with van der Waals surface area (Å²) in [5, 5.41) is 0.595. The summed E-state index contributed by atoms with van der Waals surface area (Å²) in [6, 6.07) is 11.4. The van der Waals surface area contributed by atoms with Gasteiger partial charge < -0.3 is 13.9 Å². The number of rotatable bonds is 5. The van der Waals surface area contributed by atoms with Crippen molar-refractivity contribution in [2.24, 2.45) is 0 Å². The molecule has 0 amide bonds. The Balaban J connectivity index is 1.35. The highest BCUT2D eigenvalue weighted by Gasteiger charge is 2.23. The summed E-state index contributed by atoms with van der Waals surface area (Å²) in [6.45, 7) is 6.95. The summed E-state index contributed by atoms with van der Waals surface area (Å²) in [5.74, 6) is 0.802. The molecule has 7 heteroatoms. The SMILES string of the molecule is O=c1c(-c2ccc(Br)cc2)coc2c3c(ccc12)OCN(CCCN1CCOCC1)C3. The fraction of sp³-hybridized carbons (Fsp3) is 0.375. The summed E-state index contributed by atoms with van der Waals surface area (Å²) in [7, 11) is 0. The zero-order chi connectivity index (χ0) is 21.2. The van der Waals surface area contributed by atoms with E-state index in [1.165, 1.54) is 0 Å². The Morgan fingerprint density at radius 3 is 2.55 bits per heavy atom. The molecule has 3 heterocycles. The molecule has 0 bridgehead atoms. The van der Waals surface area contributed by atoms with E-state index >= 15 is 0 Å². The van der Waals surface area contributed by atoms with Crippen LogP contribution in [0.5, 0.6) is 5.75 Å². The van der Waals surface area contributed by atoms with E-state index in [2.05, 4.69) is 25.7 Å². The number of hydrogen-bond acceptors (Lipinski definition) is 6. The van der Waals surface area contributed by atoms with Gasteiger partial charge in [-0.05, 0) is 42.8 Å². The third-order valence-corrected chi connectivity index (χ3v) is 6.52. The van der Waals surface area contributed by atoms with Crippen LogP contribution in [0.15, 0.2) is 56.3 Å². The third-order valence-electron chi connectivity index (χ3n) is 5.99. The third kappa shape index (κ3) is 4.41. The van der Waals surface area contributed by atoms with Crippen molar-refractivity contribution in [1.29, 1.82) is 0 Å². The molecule has 2 aromatic carbocycles. The van der Waals surface area contributed by atoms with Crippen LogP contribution in [-0.4, -0.2) is 55.9 Å². The summed E-state index contributed by atoms with van der Waals surface area (Å²) in [4.78, 5) is 17.9. The van der Waals surface area contributed by atoms with Crippen LogP contribution in [0.1, 0.15) is 12.0 Å². The minimum Gasteiger partial charge on any atom is -0.478 e. The van der Waals surface area contributed by atoms with Gasteiger partial charge in [0.15, 0.2) is 0 Å². The summed E-state index contributed by atoms with van der Waals surface area (Å²) in [5.41, 5.74) is 2.98. The molecule has 0 aliphatic carbocycles. The van der Waals surface area contributed by atoms with Crippen molar-refractivity contribution in [3.05, 3.63) is 62.9 Å². The van der Waals surface area contributed by atoms with Crippen molar-refractivity contribution in [1.82, 2.24) is 9.80 Å². The van der Waals surface area contributed by atoms with Gasteiger partial charge in [-0.1, -0.05) is 28.1 Å². The van der Waals surface area contributed by atoms with Crippen molar-refractivity contribution in [2.45, 2.75) is 13.0 Å².